The molecule has 4 rings (SSSR count). The van der Waals surface area contributed by atoms with Crippen LogP contribution in [0.3, 0.4) is 0 Å². The van der Waals surface area contributed by atoms with Crippen molar-refractivity contribution in [3.8, 4) is 0 Å². The van der Waals surface area contributed by atoms with Gasteiger partial charge in [-0.2, -0.15) is 0 Å². The number of aliphatic carboxylic acids is 1. The summed E-state index contributed by atoms with van der Waals surface area (Å²) < 4.78 is 0. The Balaban J connectivity index is 2.02. The largest absolute Gasteiger partial charge is 0.480 e. The maximum atomic E-state index is 12.1. The summed E-state index contributed by atoms with van der Waals surface area (Å²) in [5.41, 5.74) is 0.726. The highest BCUT2D eigenvalue weighted by molar-refractivity contribution is 5.75. The van der Waals surface area contributed by atoms with Crippen molar-refractivity contribution in [2.45, 2.75) is 91.6 Å². The summed E-state index contributed by atoms with van der Waals surface area (Å²) in [6.07, 6.45) is 7.05. The third kappa shape index (κ3) is 2.60. The quantitative estimate of drug-likeness (QED) is 0.821. The topological polar surface area (TPSA) is 49.3 Å². The number of hydrogen-bond acceptors (Lipinski definition) is 2. The number of nitrogens with one attached hydrogen (secondary N) is 1. The second kappa shape index (κ2) is 4.28. The van der Waals surface area contributed by atoms with Crippen molar-refractivity contribution >= 4 is 5.97 Å². The molecular formula is C19H33NO2. The van der Waals surface area contributed by atoms with E-state index in [1.807, 2.05) is 0 Å². The van der Waals surface area contributed by atoms with Crippen LogP contribution in [0, 0.1) is 21.7 Å². The maximum Gasteiger partial charge on any atom is 0.321 e. The molecule has 0 aromatic rings. The van der Waals surface area contributed by atoms with Gasteiger partial charge in [-0.05, 0) is 81.0 Å². The van der Waals surface area contributed by atoms with Gasteiger partial charge in [-0.15, -0.1) is 0 Å². The van der Waals surface area contributed by atoms with Crippen LogP contribution in [0.25, 0.3) is 0 Å². The van der Waals surface area contributed by atoms with Crippen LogP contribution in [0.5, 0.6) is 0 Å². The van der Waals surface area contributed by atoms with E-state index in [-0.39, 0.29) is 11.0 Å². The molecule has 3 heteroatoms. The molecule has 4 aliphatic carbocycles. The minimum absolute atomic E-state index is 0.0773. The van der Waals surface area contributed by atoms with Crippen LogP contribution in [0.15, 0.2) is 0 Å². The first-order chi connectivity index (χ1) is 9.78. The zero-order valence-electron chi connectivity index (χ0n) is 15.2. The predicted molar refractivity (Wildman–Crippen MR) is 88.8 cm³/mol. The van der Waals surface area contributed by atoms with E-state index in [9.17, 15) is 9.90 Å². The Labute approximate surface area is 135 Å². The predicted octanol–water partition coefficient (Wildman–Crippen LogP) is 4.21. The lowest BCUT2D eigenvalue weighted by molar-refractivity contribution is -0.201. The van der Waals surface area contributed by atoms with Gasteiger partial charge in [-0.1, -0.05) is 20.8 Å². The summed E-state index contributed by atoms with van der Waals surface area (Å²) in [5, 5.41) is 13.5. The molecule has 0 heterocycles. The molecule has 0 saturated heterocycles. The van der Waals surface area contributed by atoms with Gasteiger partial charge in [0, 0.05) is 5.54 Å². The first-order valence-corrected chi connectivity index (χ1v) is 8.79. The van der Waals surface area contributed by atoms with Crippen LogP contribution < -0.4 is 5.32 Å². The number of carbonyl (C=O) groups is 1. The van der Waals surface area contributed by atoms with Gasteiger partial charge in [-0.25, -0.2) is 0 Å². The fraction of sp³-hybridized carbons (Fsp3) is 0.947. The Bertz CT molecular complexity index is 451. The van der Waals surface area contributed by atoms with Crippen molar-refractivity contribution in [3.05, 3.63) is 0 Å². The van der Waals surface area contributed by atoms with Crippen LogP contribution in [0.2, 0.25) is 0 Å². The molecule has 4 fully saturated rings. The molecule has 1 atom stereocenters. The molecule has 4 bridgehead atoms. The molecule has 0 unspecified atom stereocenters. The molecule has 0 amide bonds. The summed E-state index contributed by atoms with van der Waals surface area (Å²) >= 11 is 0. The smallest absolute Gasteiger partial charge is 0.321 e. The molecule has 0 aliphatic heterocycles. The second-order valence-electron chi connectivity index (χ2n) is 11.0. The molecular weight excluding hydrogens is 274 g/mol. The van der Waals surface area contributed by atoms with Gasteiger partial charge >= 0.3 is 5.97 Å². The highest BCUT2D eigenvalue weighted by Crippen LogP contribution is 2.74. The number of carboxylic acid groups (broad SMARTS) is 1. The van der Waals surface area contributed by atoms with Gasteiger partial charge in [0.1, 0.15) is 6.04 Å². The Morgan fingerprint density at radius 1 is 0.909 bits per heavy atom. The maximum absolute atomic E-state index is 12.1. The van der Waals surface area contributed by atoms with Crippen LogP contribution in [-0.4, -0.2) is 22.7 Å². The van der Waals surface area contributed by atoms with Crippen molar-refractivity contribution in [1.29, 1.82) is 0 Å². The molecule has 3 nitrogen and oxygen atoms in total. The first kappa shape index (κ1) is 16.3. The monoisotopic (exact) mass is 307 g/mol. The van der Waals surface area contributed by atoms with E-state index in [1.165, 1.54) is 19.3 Å². The van der Waals surface area contributed by atoms with E-state index in [2.05, 4.69) is 46.9 Å². The third-order valence-corrected chi connectivity index (χ3v) is 6.33. The van der Waals surface area contributed by atoms with Crippen molar-refractivity contribution < 1.29 is 9.90 Å². The molecule has 0 aromatic heterocycles. The minimum Gasteiger partial charge on any atom is -0.480 e. The van der Waals surface area contributed by atoms with Gasteiger partial charge < -0.3 is 5.11 Å². The van der Waals surface area contributed by atoms with Crippen LogP contribution in [0.4, 0.5) is 0 Å². The van der Waals surface area contributed by atoms with Gasteiger partial charge in [0.15, 0.2) is 0 Å². The molecule has 0 radical (unpaired) electrons. The molecule has 0 aromatic carbocycles. The van der Waals surface area contributed by atoms with E-state index < -0.39 is 12.0 Å². The third-order valence-electron chi connectivity index (χ3n) is 6.33. The summed E-state index contributed by atoms with van der Waals surface area (Å²) in [6.45, 7) is 13.5. The lowest BCUT2D eigenvalue weighted by atomic mass is 9.35. The van der Waals surface area contributed by atoms with E-state index in [1.54, 1.807) is 0 Å². The summed E-state index contributed by atoms with van der Waals surface area (Å²) in [7, 11) is 0. The molecule has 0 spiro atoms. The summed E-state index contributed by atoms with van der Waals surface area (Å²) in [5.74, 6) is -0.660. The van der Waals surface area contributed by atoms with Crippen LogP contribution in [-0.2, 0) is 4.79 Å². The highest BCUT2D eigenvalue weighted by atomic mass is 16.4. The van der Waals surface area contributed by atoms with E-state index in [0.29, 0.717) is 16.2 Å². The van der Waals surface area contributed by atoms with Crippen LogP contribution >= 0.6 is 0 Å². The van der Waals surface area contributed by atoms with Crippen LogP contribution in [0.1, 0.15) is 80.1 Å². The summed E-state index contributed by atoms with van der Waals surface area (Å²) in [6, 6.07) is -0.425. The number of hydrogen-bond donors (Lipinski definition) is 2. The van der Waals surface area contributed by atoms with Gasteiger partial charge in [0.2, 0.25) is 0 Å². The van der Waals surface area contributed by atoms with E-state index in [0.717, 1.165) is 19.3 Å². The van der Waals surface area contributed by atoms with E-state index in [4.69, 9.17) is 0 Å². The molecule has 4 saturated carbocycles. The number of rotatable bonds is 3. The zero-order chi connectivity index (χ0) is 16.6. The van der Waals surface area contributed by atoms with Crippen molar-refractivity contribution in [2.24, 2.45) is 21.7 Å². The Morgan fingerprint density at radius 2 is 1.27 bits per heavy atom. The molecule has 4 aliphatic rings. The molecule has 126 valence electrons. The average Bonchev–Trinajstić information content (AvgIpc) is 2.16. The Morgan fingerprint density at radius 3 is 1.55 bits per heavy atom. The molecule has 22 heavy (non-hydrogen) atoms. The van der Waals surface area contributed by atoms with Crippen molar-refractivity contribution in [1.82, 2.24) is 5.32 Å². The van der Waals surface area contributed by atoms with Crippen molar-refractivity contribution in [3.63, 3.8) is 0 Å². The fourth-order valence-corrected chi connectivity index (χ4v) is 7.61. The Hall–Kier alpha value is -0.570. The average molecular weight is 307 g/mol. The first-order valence-electron chi connectivity index (χ1n) is 8.79. The summed E-state index contributed by atoms with van der Waals surface area (Å²) in [4.78, 5) is 12.1. The lowest BCUT2D eigenvalue weighted by Gasteiger charge is -2.70. The van der Waals surface area contributed by atoms with Crippen molar-refractivity contribution in [2.75, 3.05) is 0 Å². The molecule has 2 N–H and O–H groups in total. The van der Waals surface area contributed by atoms with Gasteiger partial charge in [0.25, 0.3) is 0 Å². The normalized spacial score (nSPS) is 48.5. The minimum atomic E-state index is -0.660. The zero-order valence-corrected chi connectivity index (χ0v) is 15.2. The standard InChI is InChI=1S/C19H33NO2/c1-15(2,3)20-13(14(21)22)19-10-16(4)7-17(5,11-19)9-18(6,8-16)12-19/h13,20H,7-12H2,1-6H3,(H,21,22)/t13-,16?,17?,18?,19?/m0/s1. The lowest BCUT2D eigenvalue weighted by Crippen LogP contribution is -2.67. The Kier molecular flexibility index (Phi) is 3.17. The highest BCUT2D eigenvalue weighted by Gasteiger charge is 2.66. The SMILES string of the molecule is CC12CC3(C)CC(C)(C1)CC([C@@H](NC(C)(C)C)C(=O)O)(C2)C3. The fourth-order valence-electron chi connectivity index (χ4n) is 7.61. The number of carboxylic acids is 1. The van der Waals surface area contributed by atoms with Gasteiger partial charge in [-0.3, -0.25) is 10.1 Å². The van der Waals surface area contributed by atoms with E-state index >= 15 is 0 Å². The van der Waals surface area contributed by atoms with Gasteiger partial charge in [0.05, 0.1) is 0 Å². The second-order valence-corrected chi connectivity index (χ2v) is 11.0.